The van der Waals surface area contributed by atoms with Crippen molar-refractivity contribution in [2.75, 3.05) is 16.4 Å². The van der Waals surface area contributed by atoms with Crippen molar-refractivity contribution >= 4 is 29.3 Å². The molecule has 1 atom stereocenters. The van der Waals surface area contributed by atoms with Gasteiger partial charge >= 0.3 is 0 Å². The van der Waals surface area contributed by atoms with Crippen molar-refractivity contribution in [3.8, 4) is 5.75 Å². The number of allylic oxidation sites excluding steroid dienone is 1. The summed E-state index contributed by atoms with van der Waals surface area (Å²) in [6, 6.07) is 26.8. The Morgan fingerprint density at radius 3 is 2.49 bits per heavy atom. The number of hydrogen-bond donors (Lipinski definition) is 2. The summed E-state index contributed by atoms with van der Waals surface area (Å²) in [7, 11) is 0. The van der Waals surface area contributed by atoms with Crippen molar-refractivity contribution in [2.24, 2.45) is 0 Å². The van der Waals surface area contributed by atoms with E-state index in [1.54, 1.807) is 16.4 Å². The van der Waals surface area contributed by atoms with E-state index < -0.39 is 6.04 Å². The highest BCUT2D eigenvalue weighted by Crippen LogP contribution is 2.40. The second-order valence-corrected chi connectivity index (χ2v) is 9.77. The number of nitrogens with one attached hydrogen (secondary N) is 2. The summed E-state index contributed by atoms with van der Waals surface area (Å²) in [5.74, 6) is 2.01. The van der Waals surface area contributed by atoms with Crippen LogP contribution in [0.5, 0.6) is 5.75 Å². The number of fused-ring (bicyclic) bond motifs is 1. The number of benzene rings is 3. The van der Waals surface area contributed by atoms with Gasteiger partial charge in [-0.15, -0.1) is 5.10 Å². The van der Waals surface area contributed by atoms with Crippen LogP contribution in [0.25, 0.3) is 0 Å². The Hall–Kier alpha value is -4.04. The molecule has 1 aliphatic rings. The van der Waals surface area contributed by atoms with Crippen LogP contribution in [0.15, 0.2) is 101 Å². The van der Waals surface area contributed by atoms with Crippen LogP contribution in [0.1, 0.15) is 37.4 Å². The maximum Gasteiger partial charge on any atom is 0.255 e. The fourth-order valence-electron chi connectivity index (χ4n) is 4.26. The van der Waals surface area contributed by atoms with E-state index in [-0.39, 0.29) is 5.91 Å². The predicted octanol–water partition coefficient (Wildman–Crippen LogP) is 6.29. The standard InChI is InChI=1S/C29H29N5O2S/c1-3-18-37-29-32-28-30-20(2)25(27(35)31-22-14-8-5-9-15-22)26(34(28)33-29)23-16-10-11-17-24(23)36-19-21-12-6-4-7-13-21/h4-17,26H,3,18-19H2,1-2H3,(H,31,35)(H,30,32,33). The highest BCUT2D eigenvalue weighted by atomic mass is 32.2. The molecule has 1 aliphatic heterocycles. The molecule has 0 aliphatic carbocycles. The molecule has 0 bridgehead atoms. The lowest BCUT2D eigenvalue weighted by molar-refractivity contribution is -0.113. The van der Waals surface area contributed by atoms with Gasteiger partial charge in [0.15, 0.2) is 0 Å². The molecular weight excluding hydrogens is 482 g/mol. The second kappa shape index (κ2) is 11.3. The number of aromatic nitrogens is 3. The molecule has 2 N–H and O–H groups in total. The number of hydrogen-bond acceptors (Lipinski definition) is 6. The highest BCUT2D eigenvalue weighted by Gasteiger charge is 2.36. The van der Waals surface area contributed by atoms with E-state index in [0.29, 0.717) is 29.0 Å². The molecule has 8 heteroatoms. The van der Waals surface area contributed by atoms with Gasteiger partial charge in [-0.1, -0.05) is 85.4 Å². The van der Waals surface area contributed by atoms with Crippen LogP contribution in [0, 0.1) is 0 Å². The second-order valence-electron chi connectivity index (χ2n) is 8.71. The molecule has 1 amide bonds. The van der Waals surface area contributed by atoms with Crippen molar-refractivity contribution in [3.05, 3.63) is 107 Å². The minimum Gasteiger partial charge on any atom is -0.489 e. The van der Waals surface area contributed by atoms with Gasteiger partial charge in [-0.05, 0) is 37.1 Å². The van der Waals surface area contributed by atoms with Crippen LogP contribution >= 0.6 is 11.8 Å². The molecule has 5 rings (SSSR count). The minimum atomic E-state index is -0.518. The minimum absolute atomic E-state index is 0.206. The number of para-hydroxylation sites is 2. The third-order valence-electron chi connectivity index (χ3n) is 6.00. The summed E-state index contributed by atoms with van der Waals surface area (Å²) < 4.78 is 8.10. The van der Waals surface area contributed by atoms with Crippen LogP contribution in [-0.4, -0.2) is 26.4 Å². The third kappa shape index (κ3) is 5.54. The predicted molar refractivity (Wildman–Crippen MR) is 148 cm³/mol. The molecular formula is C29H29N5O2S. The molecule has 1 unspecified atom stereocenters. The van der Waals surface area contributed by atoms with Crippen LogP contribution in [0.4, 0.5) is 11.6 Å². The summed E-state index contributed by atoms with van der Waals surface area (Å²) in [6.07, 6.45) is 1.02. The molecule has 0 fully saturated rings. The van der Waals surface area contributed by atoms with Crippen LogP contribution < -0.4 is 15.4 Å². The van der Waals surface area contributed by atoms with Crippen LogP contribution in [-0.2, 0) is 11.4 Å². The van der Waals surface area contributed by atoms with Crippen molar-refractivity contribution in [3.63, 3.8) is 0 Å². The Labute approximate surface area is 221 Å². The lowest BCUT2D eigenvalue weighted by Crippen LogP contribution is -2.31. The maximum atomic E-state index is 13.7. The van der Waals surface area contributed by atoms with Gasteiger partial charge in [0.2, 0.25) is 11.1 Å². The number of rotatable bonds is 9. The van der Waals surface area contributed by atoms with E-state index in [2.05, 4.69) is 17.6 Å². The van der Waals surface area contributed by atoms with Gasteiger partial charge in [0.05, 0.1) is 5.57 Å². The molecule has 37 heavy (non-hydrogen) atoms. The summed E-state index contributed by atoms with van der Waals surface area (Å²) in [5, 5.41) is 11.8. The zero-order chi connectivity index (χ0) is 25.6. The highest BCUT2D eigenvalue weighted by molar-refractivity contribution is 7.99. The third-order valence-corrected chi connectivity index (χ3v) is 7.04. The molecule has 7 nitrogen and oxygen atoms in total. The van der Waals surface area contributed by atoms with Crippen molar-refractivity contribution < 1.29 is 9.53 Å². The Bertz CT molecular complexity index is 1400. The number of ether oxygens (including phenoxy) is 1. The molecule has 0 saturated heterocycles. The molecule has 4 aromatic rings. The van der Waals surface area contributed by atoms with E-state index in [4.69, 9.17) is 14.8 Å². The number of carbonyl (C=O) groups excluding carboxylic acids is 1. The normalized spacial score (nSPS) is 14.6. The number of anilines is 2. The Kier molecular flexibility index (Phi) is 7.56. The van der Waals surface area contributed by atoms with Gasteiger partial charge in [0.1, 0.15) is 18.4 Å². The van der Waals surface area contributed by atoms with Crippen molar-refractivity contribution in [1.82, 2.24) is 14.8 Å². The Morgan fingerprint density at radius 1 is 1.03 bits per heavy atom. The van der Waals surface area contributed by atoms with E-state index in [1.165, 1.54) is 0 Å². The SMILES string of the molecule is CCCSc1nc2n(n1)C(c1ccccc1OCc1ccccc1)C(C(=O)Nc1ccccc1)=C(C)N2. The first kappa shape index (κ1) is 24.6. The van der Waals surface area contributed by atoms with E-state index in [0.717, 1.165) is 34.7 Å². The van der Waals surface area contributed by atoms with Gasteiger partial charge in [-0.3, -0.25) is 4.79 Å². The lowest BCUT2D eigenvalue weighted by atomic mass is 9.94. The first-order valence-electron chi connectivity index (χ1n) is 12.3. The fraction of sp³-hybridized carbons (Fsp3) is 0.207. The molecule has 0 spiro atoms. The first-order valence-corrected chi connectivity index (χ1v) is 13.3. The Balaban J connectivity index is 1.55. The average Bonchev–Trinajstić information content (AvgIpc) is 3.33. The lowest BCUT2D eigenvalue weighted by Gasteiger charge is -2.29. The van der Waals surface area contributed by atoms with E-state index >= 15 is 0 Å². The summed E-state index contributed by atoms with van der Waals surface area (Å²) >= 11 is 1.60. The van der Waals surface area contributed by atoms with Gasteiger partial charge in [-0.25, -0.2) is 4.68 Å². The quantitative estimate of drug-likeness (QED) is 0.257. The summed E-state index contributed by atoms with van der Waals surface area (Å²) in [6.45, 7) is 4.44. The smallest absolute Gasteiger partial charge is 0.255 e. The van der Waals surface area contributed by atoms with Gasteiger partial charge in [0.25, 0.3) is 5.91 Å². The largest absolute Gasteiger partial charge is 0.489 e. The molecule has 0 saturated carbocycles. The molecule has 0 radical (unpaired) electrons. The molecule has 3 aromatic carbocycles. The summed E-state index contributed by atoms with van der Waals surface area (Å²) in [4.78, 5) is 18.4. The monoisotopic (exact) mass is 511 g/mol. The number of carbonyl (C=O) groups is 1. The van der Waals surface area contributed by atoms with Crippen molar-refractivity contribution in [2.45, 2.75) is 38.1 Å². The Morgan fingerprint density at radius 2 is 1.73 bits per heavy atom. The number of nitrogens with zero attached hydrogens (tertiary/aromatic N) is 3. The van der Waals surface area contributed by atoms with Crippen molar-refractivity contribution in [1.29, 1.82) is 0 Å². The zero-order valence-electron chi connectivity index (χ0n) is 20.8. The van der Waals surface area contributed by atoms with Gasteiger partial charge in [0, 0.05) is 22.7 Å². The first-order chi connectivity index (χ1) is 18.1. The zero-order valence-corrected chi connectivity index (χ0v) is 21.7. The maximum absolute atomic E-state index is 13.7. The van der Waals surface area contributed by atoms with Gasteiger partial charge < -0.3 is 15.4 Å². The number of amides is 1. The summed E-state index contributed by atoms with van der Waals surface area (Å²) in [5.41, 5.74) is 3.92. The van der Waals surface area contributed by atoms with E-state index in [1.807, 2.05) is 91.9 Å². The van der Waals surface area contributed by atoms with E-state index in [9.17, 15) is 4.79 Å². The molecule has 188 valence electrons. The van der Waals surface area contributed by atoms with Crippen LogP contribution in [0.3, 0.4) is 0 Å². The molecule has 2 heterocycles. The topological polar surface area (TPSA) is 81.1 Å². The average molecular weight is 512 g/mol. The molecule has 1 aromatic heterocycles. The van der Waals surface area contributed by atoms with Gasteiger partial charge in [-0.2, -0.15) is 4.98 Å². The van der Waals surface area contributed by atoms with Crippen LogP contribution in [0.2, 0.25) is 0 Å². The number of thioether (sulfide) groups is 1. The fourth-order valence-corrected chi connectivity index (χ4v) is 4.94.